The van der Waals surface area contributed by atoms with Crippen molar-refractivity contribution >= 4 is 34.5 Å². The van der Waals surface area contributed by atoms with E-state index in [0.717, 1.165) is 11.4 Å². The molecule has 0 fully saturated rings. The summed E-state index contributed by atoms with van der Waals surface area (Å²) < 4.78 is 0. The first-order valence-corrected chi connectivity index (χ1v) is 9.13. The highest BCUT2D eigenvalue weighted by Gasteiger charge is 2.19. The number of fused-ring (bicyclic) bond motifs is 1. The van der Waals surface area contributed by atoms with Crippen molar-refractivity contribution in [1.82, 2.24) is 0 Å². The summed E-state index contributed by atoms with van der Waals surface area (Å²) in [5.74, 6) is 0.299. The van der Waals surface area contributed by atoms with E-state index in [2.05, 4.69) is 53.2 Å². The number of anilines is 1. The number of hydrogen-bond donors (Lipinski definition) is 2. The summed E-state index contributed by atoms with van der Waals surface area (Å²) >= 11 is 3.55. The second kappa shape index (κ2) is 6.14. The Morgan fingerprint density at radius 1 is 0.913 bits per heavy atom. The Bertz CT molecular complexity index is 838. The standard InChI is InChI=1S/C19H15NOS2/c21-14-9-7-13(8-10-14)19-12-16(17-6-3-11-22-17)20-15-4-1-2-5-18(15)23-19/h1-12,19-21H. The Balaban J connectivity index is 1.80. The van der Waals surface area contributed by atoms with Gasteiger partial charge in [0.25, 0.3) is 0 Å². The fraction of sp³-hybridized carbons (Fsp3) is 0.0526. The van der Waals surface area contributed by atoms with Gasteiger partial charge in [-0.2, -0.15) is 0 Å². The molecule has 2 nitrogen and oxygen atoms in total. The second-order valence-corrected chi connectivity index (χ2v) is 7.44. The van der Waals surface area contributed by atoms with Gasteiger partial charge in [0, 0.05) is 4.90 Å². The van der Waals surface area contributed by atoms with Gasteiger partial charge >= 0.3 is 0 Å². The van der Waals surface area contributed by atoms with Crippen LogP contribution in [0.2, 0.25) is 0 Å². The van der Waals surface area contributed by atoms with Crippen LogP contribution in [0.3, 0.4) is 0 Å². The number of thioether (sulfide) groups is 1. The van der Waals surface area contributed by atoms with Gasteiger partial charge in [-0.05, 0) is 47.4 Å². The zero-order valence-electron chi connectivity index (χ0n) is 12.3. The normalized spacial score (nSPS) is 16.9. The summed E-state index contributed by atoms with van der Waals surface area (Å²) in [5, 5.41) is 15.4. The van der Waals surface area contributed by atoms with E-state index in [9.17, 15) is 5.11 Å². The van der Waals surface area contributed by atoms with Crippen LogP contribution in [-0.4, -0.2) is 5.11 Å². The molecule has 2 aromatic carbocycles. The van der Waals surface area contributed by atoms with Crippen LogP contribution >= 0.6 is 23.1 Å². The number of para-hydroxylation sites is 1. The third-order valence-electron chi connectivity index (χ3n) is 3.74. The number of thiophene rings is 1. The van der Waals surface area contributed by atoms with Crippen LogP contribution < -0.4 is 5.32 Å². The van der Waals surface area contributed by atoms with Gasteiger partial charge in [-0.1, -0.05) is 30.3 Å². The van der Waals surface area contributed by atoms with Crippen LogP contribution in [0.15, 0.2) is 77.0 Å². The Morgan fingerprint density at radius 2 is 1.74 bits per heavy atom. The molecule has 0 aliphatic carbocycles. The lowest BCUT2D eigenvalue weighted by Gasteiger charge is -2.12. The van der Waals surface area contributed by atoms with Gasteiger partial charge < -0.3 is 10.4 Å². The molecule has 3 aromatic rings. The Kier molecular flexibility index (Phi) is 3.85. The first-order valence-electron chi connectivity index (χ1n) is 7.37. The van der Waals surface area contributed by atoms with E-state index in [0.29, 0.717) is 5.75 Å². The van der Waals surface area contributed by atoms with E-state index in [1.807, 2.05) is 23.9 Å². The fourth-order valence-electron chi connectivity index (χ4n) is 2.59. The van der Waals surface area contributed by atoms with Gasteiger partial charge in [0.2, 0.25) is 0 Å². The summed E-state index contributed by atoms with van der Waals surface area (Å²) in [7, 11) is 0. The molecule has 1 atom stereocenters. The maximum Gasteiger partial charge on any atom is 0.115 e. The van der Waals surface area contributed by atoms with Crippen LogP contribution in [0.1, 0.15) is 15.7 Å². The van der Waals surface area contributed by atoms with Crippen molar-refractivity contribution in [1.29, 1.82) is 0 Å². The molecular weight excluding hydrogens is 322 g/mol. The first-order chi connectivity index (χ1) is 11.3. The number of aromatic hydroxyl groups is 1. The molecule has 0 saturated carbocycles. The van der Waals surface area contributed by atoms with E-state index < -0.39 is 0 Å². The SMILES string of the molecule is Oc1ccc(C2C=C(c3cccs3)Nc3ccccc3S2)cc1. The smallest absolute Gasteiger partial charge is 0.115 e. The average Bonchev–Trinajstić information content (AvgIpc) is 3.03. The average molecular weight is 337 g/mol. The molecule has 1 aliphatic heterocycles. The van der Waals surface area contributed by atoms with Crippen LogP contribution in [0.25, 0.3) is 5.70 Å². The topological polar surface area (TPSA) is 32.3 Å². The van der Waals surface area contributed by atoms with Gasteiger partial charge in [0.15, 0.2) is 0 Å². The molecule has 1 unspecified atom stereocenters. The minimum absolute atomic E-state index is 0.198. The van der Waals surface area contributed by atoms with Crippen LogP contribution in [0.4, 0.5) is 5.69 Å². The number of hydrogen-bond acceptors (Lipinski definition) is 4. The number of phenolic OH excluding ortho intramolecular Hbond substituents is 1. The van der Waals surface area contributed by atoms with Crippen LogP contribution in [-0.2, 0) is 0 Å². The van der Waals surface area contributed by atoms with Crippen molar-refractivity contribution in [2.24, 2.45) is 0 Å². The maximum atomic E-state index is 9.54. The molecular formula is C19H15NOS2. The summed E-state index contributed by atoms with van der Waals surface area (Å²) in [6.07, 6.45) is 2.27. The molecule has 2 N–H and O–H groups in total. The molecule has 114 valence electrons. The Morgan fingerprint density at radius 3 is 2.52 bits per heavy atom. The largest absolute Gasteiger partial charge is 0.508 e. The van der Waals surface area contributed by atoms with Gasteiger partial charge in [-0.15, -0.1) is 23.1 Å². The van der Waals surface area contributed by atoms with Gasteiger partial charge in [0.1, 0.15) is 5.75 Å². The fourth-order valence-corrected chi connectivity index (χ4v) is 4.47. The molecule has 23 heavy (non-hydrogen) atoms. The predicted octanol–water partition coefficient (Wildman–Crippen LogP) is 5.75. The van der Waals surface area contributed by atoms with E-state index in [4.69, 9.17) is 0 Å². The molecule has 1 aliphatic rings. The van der Waals surface area contributed by atoms with Crippen molar-refractivity contribution < 1.29 is 5.11 Å². The zero-order chi connectivity index (χ0) is 15.6. The van der Waals surface area contributed by atoms with E-state index in [1.165, 1.54) is 15.3 Å². The highest BCUT2D eigenvalue weighted by molar-refractivity contribution is 7.99. The lowest BCUT2D eigenvalue weighted by atomic mass is 10.1. The highest BCUT2D eigenvalue weighted by atomic mass is 32.2. The lowest BCUT2D eigenvalue weighted by molar-refractivity contribution is 0.475. The number of nitrogens with one attached hydrogen (secondary N) is 1. The number of benzene rings is 2. The summed E-state index contributed by atoms with van der Waals surface area (Å²) in [5.41, 5.74) is 3.45. The van der Waals surface area contributed by atoms with Crippen molar-refractivity contribution in [2.45, 2.75) is 10.1 Å². The van der Waals surface area contributed by atoms with E-state index in [1.54, 1.807) is 23.5 Å². The number of phenols is 1. The third-order valence-corrected chi connectivity index (χ3v) is 5.91. The molecule has 0 saturated heterocycles. The summed E-state index contributed by atoms with van der Waals surface area (Å²) in [6, 6.07) is 20.1. The molecule has 4 heteroatoms. The summed E-state index contributed by atoms with van der Waals surface area (Å²) in [4.78, 5) is 2.46. The van der Waals surface area contributed by atoms with Gasteiger partial charge in [0.05, 0.1) is 21.5 Å². The van der Waals surface area contributed by atoms with E-state index in [-0.39, 0.29) is 5.25 Å². The Labute approximate surface area is 143 Å². The molecule has 1 aromatic heterocycles. The molecule has 0 spiro atoms. The predicted molar refractivity (Wildman–Crippen MR) is 99.1 cm³/mol. The van der Waals surface area contributed by atoms with Gasteiger partial charge in [-0.25, -0.2) is 0 Å². The molecule has 0 bridgehead atoms. The van der Waals surface area contributed by atoms with Crippen molar-refractivity contribution in [2.75, 3.05) is 5.32 Å². The molecule has 2 heterocycles. The Hall–Kier alpha value is -2.17. The van der Waals surface area contributed by atoms with Gasteiger partial charge in [-0.3, -0.25) is 0 Å². The maximum absolute atomic E-state index is 9.54. The van der Waals surface area contributed by atoms with Crippen molar-refractivity contribution in [3.8, 4) is 5.75 Å². The quantitative estimate of drug-likeness (QED) is 0.624. The van der Waals surface area contributed by atoms with Crippen molar-refractivity contribution in [3.63, 3.8) is 0 Å². The van der Waals surface area contributed by atoms with Crippen LogP contribution in [0, 0.1) is 0 Å². The summed E-state index contributed by atoms with van der Waals surface area (Å²) in [6.45, 7) is 0. The van der Waals surface area contributed by atoms with E-state index >= 15 is 0 Å². The third kappa shape index (κ3) is 3.00. The zero-order valence-corrected chi connectivity index (χ0v) is 13.9. The molecule has 4 rings (SSSR count). The highest BCUT2D eigenvalue weighted by Crippen LogP contribution is 2.45. The second-order valence-electron chi connectivity index (χ2n) is 5.31. The molecule has 0 amide bonds. The number of rotatable bonds is 2. The molecule has 0 radical (unpaired) electrons. The van der Waals surface area contributed by atoms with Crippen LogP contribution in [0.5, 0.6) is 5.75 Å². The minimum Gasteiger partial charge on any atom is -0.508 e. The minimum atomic E-state index is 0.198. The monoisotopic (exact) mass is 337 g/mol. The lowest BCUT2D eigenvalue weighted by Crippen LogP contribution is -1.97. The van der Waals surface area contributed by atoms with Crippen molar-refractivity contribution in [3.05, 3.63) is 82.6 Å². The first kappa shape index (κ1) is 14.4.